The van der Waals surface area contributed by atoms with Gasteiger partial charge in [0.2, 0.25) is 0 Å². The van der Waals surface area contributed by atoms with Gasteiger partial charge in [0, 0.05) is 12.7 Å². The lowest BCUT2D eigenvalue weighted by Crippen LogP contribution is -2.19. The highest BCUT2D eigenvalue weighted by molar-refractivity contribution is 5.91. The standard InChI is InChI=1S/C16H24N4O2/c1-11-14(12(2)19-18-11)6-5-9-20(4)10-13-7-8-15(22-13)16(21)17-3/h7-8H,5-6,9-10H2,1-4H3,(H,17,21)(H,18,19). The lowest BCUT2D eigenvalue weighted by molar-refractivity contribution is 0.0932. The van der Waals surface area contributed by atoms with Crippen LogP contribution in [0.15, 0.2) is 16.5 Å². The monoisotopic (exact) mass is 304 g/mol. The first-order chi connectivity index (χ1) is 10.5. The smallest absolute Gasteiger partial charge is 0.286 e. The normalized spacial score (nSPS) is 11.1. The molecule has 2 heterocycles. The minimum absolute atomic E-state index is 0.195. The van der Waals surface area contributed by atoms with Gasteiger partial charge in [-0.25, -0.2) is 0 Å². The van der Waals surface area contributed by atoms with Crippen LogP contribution in [0.1, 0.15) is 39.7 Å². The molecule has 0 bridgehead atoms. The van der Waals surface area contributed by atoms with Gasteiger partial charge in [-0.05, 0) is 58.0 Å². The molecular formula is C16H24N4O2. The molecular weight excluding hydrogens is 280 g/mol. The van der Waals surface area contributed by atoms with E-state index in [1.165, 1.54) is 5.56 Å². The summed E-state index contributed by atoms with van der Waals surface area (Å²) in [6.07, 6.45) is 2.07. The van der Waals surface area contributed by atoms with Gasteiger partial charge >= 0.3 is 0 Å². The van der Waals surface area contributed by atoms with Crippen LogP contribution in [0.4, 0.5) is 0 Å². The van der Waals surface area contributed by atoms with E-state index in [-0.39, 0.29) is 5.91 Å². The first-order valence-corrected chi connectivity index (χ1v) is 7.51. The maximum Gasteiger partial charge on any atom is 0.286 e. The molecule has 0 aliphatic carbocycles. The summed E-state index contributed by atoms with van der Waals surface area (Å²) in [5.41, 5.74) is 3.55. The molecule has 2 aromatic rings. The van der Waals surface area contributed by atoms with Gasteiger partial charge in [0.05, 0.1) is 12.2 Å². The highest BCUT2D eigenvalue weighted by atomic mass is 16.4. The number of hydrogen-bond acceptors (Lipinski definition) is 4. The predicted molar refractivity (Wildman–Crippen MR) is 84.8 cm³/mol. The Morgan fingerprint density at radius 1 is 1.41 bits per heavy atom. The van der Waals surface area contributed by atoms with Crippen molar-refractivity contribution in [2.75, 3.05) is 20.6 Å². The number of aryl methyl sites for hydroxylation is 2. The van der Waals surface area contributed by atoms with Crippen LogP contribution in [0, 0.1) is 13.8 Å². The Bertz CT molecular complexity index is 610. The molecule has 0 saturated heterocycles. The molecule has 0 aliphatic rings. The summed E-state index contributed by atoms with van der Waals surface area (Å²) in [5.74, 6) is 0.965. The Hall–Kier alpha value is -2.08. The van der Waals surface area contributed by atoms with Crippen molar-refractivity contribution in [2.45, 2.75) is 33.2 Å². The summed E-state index contributed by atoms with van der Waals surface area (Å²) >= 11 is 0. The summed E-state index contributed by atoms with van der Waals surface area (Å²) in [7, 11) is 3.65. The Labute approximate surface area is 130 Å². The number of amides is 1. The highest BCUT2D eigenvalue weighted by Crippen LogP contribution is 2.13. The molecule has 22 heavy (non-hydrogen) atoms. The molecule has 1 amide bonds. The van der Waals surface area contributed by atoms with Gasteiger partial charge in [0.15, 0.2) is 5.76 Å². The lowest BCUT2D eigenvalue weighted by Gasteiger charge is -2.14. The van der Waals surface area contributed by atoms with Crippen LogP contribution in [0.5, 0.6) is 0 Å². The lowest BCUT2D eigenvalue weighted by atomic mass is 10.1. The van der Waals surface area contributed by atoms with Crippen molar-refractivity contribution in [1.29, 1.82) is 0 Å². The number of aromatic amines is 1. The second-order valence-electron chi connectivity index (χ2n) is 5.60. The van der Waals surface area contributed by atoms with E-state index in [1.54, 1.807) is 13.1 Å². The summed E-state index contributed by atoms with van der Waals surface area (Å²) < 4.78 is 5.53. The molecule has 0 unspecified atom stereocenters. The van der Waals surface area contributed by atoms with E-state index >= 15 is 0 Å². The molecule has 6 nitrogen and oxygen atoms in total. The molecule has 2 N–H and O–H groups in total. The number of hydrogen-bond donors (Lipinski definition) is 2. The number of furan rings is 1. The number of carbonyl (C=O) groups is 1. The minimum Gasteiger partial charge on any atom is -0.455 e. The summed E-state index contributed by atoms with van der Waals surface area (Å²) in [4.78, 5) is 13.6. The maximum absolute atomic E-state index is 11.5. The van der Waals surface area contributed by atoms with Gasteiger partial charge in [-0.1, -0.05) is 0 Å². The zero-order chi connectivity index (χ0) is 16.1. The van der Waals surface area contributed by atoms with E-state index in [4.69, 9.17) is 4.42 Å². The van der Waals surface area contributed by atoms with E-state index in [0.29, 0.717) is 12.3 Å². The second-order valence-corrected chi connectivity index (χ2v) is 5.60. The molecule has 0 aliphatic heterocycles. The Morgan fingerprint density at radius 2 is 2.18 bits per heavy atom. The van der Waals surface area contributed by atoms with Crippen molar-refractivity contribution >= 4 is 5.91 Å². The summed E-state index contributed by atoms with van der Waals surface area (Å²) in [6, 6.07) is 3.56. The number of carbonyl (C=O) groups excluding carboxylic acids is 1. The Morgan fingerprint density at radius 3 is 2.82 bits per heavy atom. The van der Waals surface area contributed by atoms with Gasteiger partial charge in [0.1, 0.15) is 5.76 Å². The zero-order valence-corrected chi connectivity index (χ0v) is 13.7. The van der Waals surface area contributed by atoms with Gasteiger partial charge in [-0.3, -0.25) is 14.8 Å². The van der Waals surface area contributed by atoms with E-state index in [2.05, 4.69) is 34.4 Å². The number of aromatic nitrogens is 2. The molecule has 0 saturated carbocycles. The van der Waals surface area contributed by atoms with Crippen molar-refractivity contribution in [3.63, 3.8) is 0 Å². The van der Waals surface area contributed by atoms with Crippen molar-refractivity contribution in [3.8, 4) is 0 Å². The fraction of sp³-hybridized carbons (Fsp3) is 0.500. The summed E-state index contributed by atoms with van der Waals surface area (Å²) in [5, 5.41) is 9.79. The largest absolute Gasteiger partial charge is 0.455 e. The van der Waals surface area contributed by atoms with Crippen molar-refractivity contribution < 1.29 is 9.21 Å². The van der Waals surface area contributed by atoms with Crippen molar-refractivity contribution in [1.82, 2.24) is 20.4 Å². The number of nitrogens with zero attached hydrogens (tertiary/aromatic N) is 2. The number of rotatable bonds is 7. The predicted octanol–water partition coefficient (Wildman–Crippen LogP) is 2.04. The molecule has 2 aromatic heterocycles. The number of nitrogens with one attached hydrogen (secondary N) is 2. The van der Waals surface area contributed by atoms with E-state index in [0.717, 1.165) is 36.5 Å². The average Bonchev–Trinajstić information content (AvgIpc) is 3.07. The third kappa shape index (κ3) is 3.98. The summed E-state index contributed by atoms with van der Waals surface area (Å²) in [6.45, 7) is 5.74. The van der Waals surface area contributed by atoms with Gasteiger partial charge < -0.3 is 9.73 Å². The fourth-order valence-corrected chi connectivity index (χ4v) is 2.52. The first-order valence-electron chi connectivity index (χ1n) is 7.51. The molecule has 0 radical (unpaired) electrons. The maximum atomic E-state index is 11.5. The molecule has 6 heteroatoms. The van der Waals surface area contributed by atoms with Crippen LogP contribution in [0.2, 0.25) is 0 Å². The molecule has 2 rings (SSSR count). The molecule has 0 atom stereocenters. The second kappa shape index (κ2) is 7.26. The van der Waals surface area contributed by atoms with E-state index in [1.807, 2.05) is 13.0 Å². The third-order valence-electron chi connectivity index (χ3n) is 3.79. The molecule has 0 spiro atoms. The van der Waals surface area contributed by atoms with Crippen LogP contribution in [-0.4, -0.2) is 41.6 Å². The van der Waals surface area contributed by atoms with E-state index < -0.39 is 0 Å². The average molecular weight is 304 g/mol. The zero-order valence-electron chi connectivity index (χ0n) is 13.7. The molecule has 0 aromatic carbocycles. The van der Waals surface area contributed by atoms with Crippen LogP contribution >= 0.6 is 0 Å². The third-order valence-corrected chi connectivity index (χ3v) is 3.79. The van der Waals surface area contributed by atoms with E-state index in [9.17, 15) is 4.79 Å². The first kappa shape index (κ1) is 16.3. The quantitative estimate of drug-likeness (QED) is 0.821. The molecule has 0 fully saturated rings. The van der Waals surface area contributed by atoms with Gasteiger partial charge in [0.25, 0.3) is 5.91 Å². The van der Waals surface area contributed by atoms with Gasteiger partial charge in [-0.15, -0.1) is 0 Å². The van der Waals surface area contributed by atoms with Crippen molar-refractivity contribution in [2.24, 2.45) is 0 Å². The Kier molecular flexibility index (Phi) is 5.38. The number of H-pyrrole nitrogens is 1. The minimum atomic E-state index is -0.195. The Balaban J connectivity index is 1.79. The van der Waals surface area contributed by atoms with Gasteiger partial charge in [-0.2, -0.15) is 5.10 Å². The van der Waals surface area contributed by atoms with Crippen LogP contribution in [-0.2, 0) is 13.0 Å². The van der Waals surface area contributed by atoms with Crippen LogP contribution < -0.4 is 5.32 Å². The highest BCUT2D eigenvalue weighted by Gasteiger charge is 2.11. The molecule has 120 valence electrons. The fourth-order valence-electron chi connectivity index (χ4n) is 2.52. The topological polar surface area (TPSA) is 74.2 Å². The SMILES string of the molecule is CNC(=O)c1ccc(CN(C)CCCc2c(C)n[nH]c2C)o1. The van der Waals surface area contributed by atoms with Crippen molar-refractivity contribution in [3.05, 3.63) is 40.6 Å². The van der Waals surface area contributed by atoms with Crippen LogP contribution in [0.3, 0.4) is 0 Å². The van der Waals surface area contributed by atoms with Crippen LogP contribution in [0.25, 0.3) is 0 Å².